The molecule has 2 nitrogen and oxygen atoms in total. The average molecular weight is 292 g/mol. The highest BCUT2D eigenvalue weighted by molar-refractivity contribution is 5.68. The molecule has 0 amide bonds. The summed E-state index contributed by atoms with van der Waals surface area (Å²) in [5.41, 5.74) is 2.08. The van der Waals surface area contributed by atoms with E-state index >= 15 is 0 Å². The van der Waals surface area contributed by atoms with Gasteiger partial charge in [-0.1, -0.05) is 24.1 Å². The molecular weight excluding hydrogens is 281 g/mol. The van der Waals surface area contributed by atoms with Gasteiger partial charge in [-0.3, -0.25) is 0 Å². The second kappa shape index (κ2) is 5.80. The molecule has 0 radical (unpaired) electrons. The van der Waals surface area contributed by atoms with Gasteiger partial charge in [-0.05, 0) is 35.4 Å². The van der Waals surface area contributed by atoms with Crippen molar-refractivity contribution in [2.75, 3.05) is 7.11 Å². The normalized spacial score (nSPS) is 10.8. The maximum Gasteiger partial charge on any atom is 0.573 e. The standard InChI is InChI=1S/C16H11F3O2/c1-3-11-10-13(6-9-15(11)20-2)12-4-7-14(8-5-12)21-16(17,18)19/h1,4-10H,2H3. The topological polar surface area (TPSA) is 18.5 Å². The maximum atomic E-state index is 12.1. The lowest BCUT2D eigenvalue weighted by Crippen LogP contribution is -2.16. The lowest BCUT2D eigenvalue weighted by Gasteiger charge is -2.10. The van der Waals surface area contributed by atoms with Crippen LogP contribution in [-0.2, 0) is 0 Å². The zero-order valence-electron chi connectivity index (χ0n) is 11.1. The van der Waals surface area contributed by atoms with Gasteiger partial charge in [-0.15, -0.1) is 19.6 Å². The molecule has 0 heterocycles. The summed E-state index contributed by atoms with van der Waals surface area (Å²) in [5.74, 6) is 2.80. The van der Waals surface area contributed by atoms with Crippen molar-refractivity contribution in [1.29, 1.82) is 0 Å². The third-order valence-corrected chi connectivity index (χ3v) is 2.78. The number of ether oxygens (including phenoxy) is 2. The van der Waals surface area contributed by atoms with Crippen LogP contribution in [0.2, 0.25) is 0 Å². The molecule has 0 unspecified atom stereocenters. The highest BCUT2D eigenvalue weighted by atomic mass is 19.4. The number of methoxy groups -OCH3 is 1. The summed E-state index contributed by atoms with van der Waals surface area (Å²) < 4.78 is 45.2. The van der Waals surface area contributed by atoms with Gasteiger partial charge >= 0.3 is 6.36 Å². The summed E-state index contributed by atoms with van der Waals surface area (Å²) >= 11 is 0. The van der Waals surface area contributed by atoms with E-state index in [1.54, 1.807) is 18.2 Å². The molecule has 0 bridgehead atoms. The Morgan fingerprint density at radius 1 is 1.00 bits per heavy atom. The van der Waals surface area contributed by atoms with Gasteiger partial charge in [-0.25, -0.2) is 0 Å². The predicted molar refractivity (Wildman–Crippen MR) is 73.0 cm³/mol. The van der Waals surface area contributed by atoms with Crippen molar-refractivity contribution in [3.63, 3.8) is 0 Å². The first kappa shape index (κ1) is 14.8. The van der Waals surface area contributed by atoms with Gasteiger partial charge in [0.1, 0.15) is 11.5 Å². The molecule has 21 heavy (non-hydrogen) atoms. The quantitative estimate of drug-likeness (QED) is 0.788. The summed E-state index contributed by atoms with van der Waals surface area (Å²) in [6.45, 7) is 0. The third kappa shape index (κ3) is 3.69. The van der Waals surface area contributed by atoms with Crippen LogP contribution in [0.25, 0.3) is 11.1 Å². The highest BCUT2D eigenvalue weighted by Crippen LogP contribution is 2.29. The first-order valence-electron chi connectivity index (χ1n) is 5.94. The Bertz CT molecular complexity index is 667. The van der Waals surface area contributed by atoms with E-state index < -0.39 is 6.36 Å². The second-order valence-corrected chi connectivity index (χ2v) is 4.13. The number of benzene rings is 2. The minimum Gasteiger partial charge on any atom is -0.495 e. The molecule has 2 aromatic rings. The van der Waals surface area contributed by atoms with Crippen LogP contribution in [0.5, 0.6) is 11.5 Å². The zero-order valence-corrected chi connectivity index (χ0v) is 11.1. The Morgan fingerprint density at radius 3 is 2.14 bits per heavy atom. The van der Waals surface area contributed by atoms with Crippen LogP contribution in [0.15, 0.2) is 42.5 Å². The molecule has 0 aliphatic heterocycles. The van der Waals surface area contributed by atoms with Crippen LogP contribution in [0.4, 0.5) is 13.2 Å². The number of terminal acetylenes is 1. The van der Waals surface area contributed by atoms with Gasteiger partial charge < -0.3 is 9.47 Å². The minimum atomic E-state index is -4.70. The highest BCUT2D eigenvalue weighted by Gasteiger charge is 2.30. The van der Waals surface area contributed by atoms with Gasteiger partial charge in [0.15, 0.2) is 0 Å². The molecular formula is C16H11F3O2. The van der Waals surface area contributed by atoms with Crippen molar-refractivity contribution in [3.05, 3.63) is 48.0 Å². The lowest BCUT2D eigenvalue weighted by molar-refractivity contribution is -0.274. The Hall–Kier alpha value is -2.61. The molecule has 0 aliphatic rings. The van der Waals surface area contributed by atoms with Gasteiger partial charge in [0.05, 0.1) is 12.7 Å². The van der Waals surface area contributed by atoms with Crippen molar-refractivity contribution < 1.29 is 22.6 Å². The first-order chi connectivity index (χ1) is 9.93. The van der Waals surface area contributed by atoms with Gasteiger partial charge in [-0.2, -0.15) is 0 Å². The Balaban J connectivity index is 2.29. The minimum absolute atomic E-state index is 0.267. The van der Waals surface area contributed by atoms with Crippen molar-refractivity contribution in [2.45, 2.75) is 6.36 Å². The number of hydrogen-bond acceptors (Lipinski definition) is 2. The largest absolute Gasteiger partial charge is 0.573 e. The van der Waals surface area contributed by atoms with Crippen LogP contribution in [0.3, 0.4) is 0 Å². The summed E-state index contributed by atoms with van der Waals surface area (Å²) in [6.07, 6.45) is 0.696. The predicted octanol–water partition coefficient (Wildman–Crippen LogP) is 4.24. The molecule has 0 aromatic heterocycles. The zero-order chi connectivity index (χ0) is 15.5. The van der Waals surface area contributed by atoms with Crippen LogP contribution in [0, 0.1) is 12.3 Å². The monoisotopic (exact) mass is 292 g/mol. The maximum absolute atomic E-state index is 12.1. The van der Waals surface area contributed by atoms with E-state index in [2.05, 4.69) is 10.7 Å². The van der Waals surface area contributed by atoms with E-state index in [-0.39, 0.29) is 5.75 Å². The third-order valence-electron chi connectivity index (χ3n) is 2.78. The number of rotatable bonds is 3. The molecule has 108 valence electrons. The number of alkyl halides is 3. The van der Waals surface area contributed by atoms with Gasteiger partial charge in [0.2, 0.25) is 0 Å². The molecule has 0 fully saturated rings. The molecule has 0 saturated carbocycles. The van der Waals surface area contributed by atoms with E-state index in [9.17, 15) is 13.2 Å². The van der Waals surface area contributed by atoms with Gasteiger partial charge in [0.25, 0.3) is 0 Å². The number of halogens is 3. The molecule has 0 spiro atoms. The molecule has 2 aromatic carbocycles. The second-order valence-electron chi connectivity index (χ2n) is 4.13. The van der Waals surface area contributed by atoms with Crippen molar-refractivity contribution in [1.82, 2.24) is 0 Å². The van der Waals surface area contributed by atoms with Gasteiger partial charge in [0, 0.05) is 0 Å². The summed E-state index contributed by atoms with van der Waals surface area (Å²) in [7, 11) is 1.51. The Kier molecular flexibility index (Phi) is 4.08. The van der Waals surface area contributed by atoms with E-state index in [0.717, 1.165) is 11.1 Å². The lowest BCUT2D eigenvalue weighted by atomic mass is 10.0. The SMILES string of the molecule is C#Cc1cc(-c2ccc(OC(F)(F)F)cc2)ccc1OC. The van der Waals surface area contributed by atoms with Crippen LogP contribution < -0.4 is 9.47 Å². The van der Waals surface area contributed by atoms with Crippen molar-refractivity contribution in [2.24, 2.45) is 0 Å². The molecule has 0 atom stereocenters. The Morgan fingerprint density at radius 2 is 1.62 bits per heavy atom. The number of hydrogen-bond donors (Lipinski definition) is 0. The average Bonchev–Trinajstić information content (AvgIpc) is 2.45. The fourth-order valence-corrected chi connectivity index (χ4v) is 1.85. The van der Waals surface area contributed by atoms with Crippen molar-refractivity contribution >= 4 is 0 Å². The smallest absolute Gasteiger partial charge is 0.495 e. The molecule has 5 heteroatoms. The Labute approximate surface area is 120 Å². The van der Waals surface area contributed by atoms with E-state index in [1.165, 1.54) is 31.4 Å². The van der Waals surface area contributed by atoms with E-state index in [1.807, 2.05) is 0 Å². The van der Waals surface area contributed by atoms with E-state index in [4.69, 9.17) is 11.2 Å². The van der Waals surface area contributed by atoms with Crippen molar-refractivity contribution in [3.8, 4) is 35.0 Å². The molecule has 0 aliphatic carbocycles. The molecule has 0 N–H and O–H groups in total. The fourth-order valence-electron chi connectivity index (χ4n) is 1.85. The van der Waals surface area contributed by atoms with Crippen LogP contribution >= 0.6 is 0 Å². The first-order valence-corrected chi connectivity index (χ1v) is 5.94. The van der Waals surface area contributed by atoms with Crippen LogP contribution in [0.1, 0.15) is 5.56 Å². The summed E-state index contributed by atoms with van der Waals surface area (Å²) in [6, 6.07) is 10.8. The molecule has 0 saturated heterocycles. The molecule has 2 rings (SSSR count). The summed E-state index contributed by atoms with van der Waals surface area (Å²) in [4.78, 5) is 0. The summed E-state index contributed by atoms with van der Waals surface area (Å²) in [5, 5.41) is 0. The fraction of sp³-hybridized carbons (Fsp3) is 0.125. The van der Waals surface area contributed by atoms with E-state index in [0.29, 0.717) is 11.3 Å². The van der Waals surface area contributed by atoms with Crippen LogP contribution in [-0.4, -0.2) is 13.5 Å².